The van der Waals surface area contributed by atoms with Gasteiger partial charge in [0.25, 0.3) is 0 Å². The van der Waals surface area contributed by atoms with Crippen molar-refractivity contribution in [2.24, 2.45) is 5.73 Å². The molecule has 0 amide bonds. The maximum absolute atomic E-state index is 10.3. The Morgan fingerprint density at radius 1 is 1.50 bits per heavy atom. The Balaban J connectivity index is 3.21. The second kappa shape index (κ2) is 7.28. The van der Waals surface area contributed by atoms with Gasteiger partial charge in [0.2, 0.25) is 0 Å². The predicted molar refractivity (Wildman–Crippen MR) is 49.2 cm³/mol. The van der Waals surface area contributed by atoms with Crippen LogP contribution in [0.25, 0.3) is 0 Å². The van der Waals surface area contributed by atoms with Gasteiger partial charge >= 0.3 is 11.9 Å². The molecule has 0 aliphatic carbocycles. The number of carbonyl (C=O) groups is 2. The summed E-state index contributed by atoms with van der Waals surface area (Å²) >= 11 is 0. The lowest BCUT2D eigenvalue weighted by Crippen LogP contribution is -2.30. The van der Waals surface area contributed by atoms with Crippen LogP contribution in [0.2, 0.25) is 0 Å². The summed E-state index contributed by atoms with van der Waals surface area (Å²) in [6.07, 6.45) is 1.83. The molecule has 1 unspecified atom stereocenters. The first kappa shape index (κ1) is 12.9. The van der Waals surface area contributed by atoms with Crippen molar-refractivity contribution in [1.29, 1.82) is 0 Å². The smallest absolute Gasteiger partial charge is 0.321 e. The van der Waals surface area contributed by atoms with Gasteiger partial charge in [0.15, 0.2) is 0 Å². The highest BCUT2D eigenvalue weighted by Crippen LogP contribution is 1.98. The maximum Gasteiger partial charge on any atom is 0.321 e. The molecule has 0 aromatic carbocycles. The third-order valence-corrected chi connectivity index (χ3v) is 1.58. The minimum Gasteiger partial charge on any atom is -0.480 e. The van der Waals surface area contributed by atoms with Gasteiger partial charge in [-0.2, -0.15) is 5.48 Å². The highest BCUT2D eigenvalue weighted by atomic mass is 16.7. The fourth-order valence-corrected chi connectivity index (χ4v) is 0.838. The van der Waals surface area contributed by atoms with E-state index in [1.807, 2.05) is 0 Å². The summed E-state index contributed by atoms with van der Waals surface area (Å²) in [5, 5.41) is 8.45. The molecule has 4 N–H and O–H groups in total. The molecular formula is C8H16N2O4. The van der Waals surface area contributed by atoms with Gasteiger partial charge in [-0.3, -0.25) is 9.59 Å². The molecule has 0 rings (SSSR count). The van der Waals surface area contributed by atoms with E-state index in [1.54, 1.807) is 0 Å². The molecule has 0 radical (unpaired) electrons. The van der Waals surface area contributed by atoms with Gasteiger partial charge in [-0.05, 0) is 19.3 Å². The number of hydrogen-bond donors (Lipinski definition) is 3. The number of rotatable bonds is 7. The molecule has 0 saturated heterocycles. The average Bonchev–Trinajstić information content (AvgIpc) is 2.09. The summed E-state index contributed by atoms with van der Waals surface area (Å²) in [4.78, 5) is 25.0. The standard InChI is InChI=1S/C8H16N2O4/c1-6(11)14-10-5-3-2-4-7(9)8(12)13/h7,10H,2-5,9H2,1H3,(H,12,13). The molecule has 82 valence electrons. The van der Waals surface area contributed by atoms with Gasteiger partial charge in [0, 0.05) is 13.5 Å². The summed E-state index contributed by atoms with van der Waals surface area (Å²) in [5.74, 6) is -1.38. The first-order valence-electron chi connectivity index (χ1n) is 4.42. The zero-order valence-corrected chi connectivity index (χ0v) is 8.16. The maximum atomic E-state index is 10.3. The van der Waals surface area contributed by atoms with Crippen LogP contribution in [0.3, 0.4) is 0 Å². The Labute approximate surface area is 82.4 Å². The van der Waals surface area contributed by atoms with E-state index >= 15 is 0 Å². The van der Waals surface area contributed by atoms with Gasteiger partial charge in [0.05, 0.1) is 0 Å². The SMILES string of the molecule is CC(=O)ONCCCCC(N)C(=O)O. The first-order chi connectivity index (χ1) is 6.54. The highest BCUT2D eigenvalue weighted by Gasteiger charge is 2.09. The molecular weight excluding hydrogens is 188 g/mol. The summed E-state index contributed by atoms with van der Waals surface area (Å²) in [7, 11) is 0. The highest BCUT2D eigenvalue weighted by molar-refractivity contribution is 5.72. The van der Waals surface area contributed by atoms with E-state index in [1.165, 1.54) is 6.92 Å². The molecule has 0 aromatic rings. The lowest BCUT2D eigenvalue weighted by Gasteiger charge is -2.06. The third kappa shape index (κ3) is 7.51. The Morgan fingerprint density at radius 2 is 2.14 bits per heavy atom. The molecule has 14 heavy (non-hydrogen) atoms. The number of aliphatic carboxylic acids is 1. The third-order valence-electron chi connectivity index (χ3n) is 1.58. The van der Waals surface area contributed by atoms with Crippen molar-refractivity contribution in [3.63, 3.8) is 0 Å². The van der Waals surface area contributed by atoms with Crippen LogP contribution < -0.4 is 11.2 Å². The molecule has 0 fully saturated rings. The number of hydroxylamine groups is 1. The lowest BCUT2D eigenvalue weighted by atomic mass is 10.1. The van der Waals surface area contributed by atoms with E-state index in [-0.39, 0.29) is 0 Å². The zero-order chi connectivity index (χ0) is 11.0. The van der Waals surface area contributed by atoms with Crippen molar-refractivity contribution < 1.29 is 19.5 Å². The monoisotopic (exact) mass is 204 g/mol. The van der Waals surface area contributed by atoms with Gasteiger partial charge in [-0.15, -0.1) is 0 Å². The Hall–Kier alpha value is -1.14. The Bertz CT molecular complexity index is 196. The zero-order valence-electron chi connectivity index (χ0n) is 8.16. The van der Waals surface area contributed by atoms with E-state index in [0.717, 1.165) is 0 Å². The summed E-state index contributed by atoms with van der Waals surface area (Å²) in [5.41, 5.74) is 7.72. The van der Waals surface area contributed by atoms with Crippen LogP contribution in [0.5, 0.6) is 0 Å². The quantitative estimate of drug-likeness (QED) is 0.386. The van der Waals surface area contributed by atoms with Crippen LogP contribution in [0.1, 0.15) is 26.2 Å². The lowest BCUT2D eigenvalue weighted by molar-refractivity contribution is -0.148. The number of carboxylic acids is 1. The van der Waals surface area contributed by atoms with Crippen LogP contribution in [-0.2, 0) is 14.4 Å². The van der Waals surface area contributed by atoms with Crippen molar-refractivity contribution >= 4 is 11.9 Å². The molecule has 0 spiro atoms. The second-order valence-corrected chi connectivity index (χ2v) is 2.93. The minimum absolute atomic E-state index is 0.396. The van der Waals surface area contributed by atoms with E-state index < -0.39 is 18.0 Å². The molecule has 0 aromatic heterocycles. The largest absolute Gasteiger partial charge is 0.480 e. The number of nitrogens with two attached hydrogens (primary N) is 1. The fourth-order valence-electron chi connectivity index (χ4n) is 0.838. The van der Waals surface area contributed by atoms with Crippen LogP contribution in [0.15, 0.2) is 0 Å². The fraction of sp³-hybridized carbons (Fsp3) is 0.750. The van der Waals surface area contributed by atoms with E-state index in [4.69, 9.17) is 10.8 Å². The van der Waals surface area contributed by atoms with Crippen LogP contribution in [0, 0.1) is 0 Å². The van der Waals surface area contributed by atoms with Crippen molar-refractivity contribution in [3.05, 3.63) is 0 Å². The van der Waals surface area contributed by atoms with Crippen LogP contribution in [-0.4, -0.2) is 29.6 Å². The molecule has 6 heteroatoms. The minimum atomic E-state index is -0.988. The van der Waals surface area contributed by atoms with Gasteiger partial charge < -0.3 is 15.7 Å². The number of nitrogens with one attached hydrogen (secondary N) is 1. The molecule has 0 aliphatic rings. The number of carbonyl (C=O) groups excluding carboxylic acids is 1. The van der Waals surface area contributed by atoms with Gasteiger partial charge in [-0.25, -0.2) is 0 Å². The molecule has 1 atom stereocenters. The Morgan fingerprint density at radius 3 is 2.64 bits per heavy atom. The van der Waals surface area contributed by atoms with Crippen molar-refractivity contribution in [2.45, 2.75) is 32.2 Å². The van der Waals surface area contributed by atoms with Crippen molar-refractivity contribution in [3.8, 4) is 0 Å². The first-order valence-corrected chi connectivity index (χ1v) is 4.42. The topological polar surface area (TPSA) is 102 Å². The van der Waals surface area contributed by atoms with Crippen molar-refractivity contribution in [1.82, 2.24) is 5.48 Å². The average molecular weight is 204 g/mol. The number of carboxylic acid groups (broad SMARTS) is 1. The predicted octanol–water partition coefficient (Wildman–Crippen LogP) is -0.364. The van der Waals surface area contributed by atoms with Gasteiger partial charge in [0.1, 0.15) is 6.04 Å². The van der Waals surface area contributed by atoms with Crippen LogP contribution >= 0.6 is 0 Å². The van der Waals surface area contributed by atoms with Gasteiger partial charge in [-0.1, -0.05) is 0 Å². The van der Waals surface area contributed by atoms with E-state index in [2.05, 4.69) is 10.3 Å². The summed E-state index contributed by atoms with van der Waals surface area (Å²) < 4.78 is 0. The normalized spacial score (nSPS) is 12.1. The number of unbranched alkanes of at least 4 members (excludes halogenated alkanes) is 1. The van der Waals surface area contributed by atoms with Crippen molar-refractivity contribution in [2.75, 3.05) is 6.54 Å². The molecule has 6 nitrogen and oxygen atoms in total. The summed E-state index contributed by atoms with van der Waals surface area (Å²) in [6, 6.07) is -0.802. The molecule has 0 aliphatic heterocycles. The molecule has 0 bridgehead atoms. The van der Waals surface area contributed by atoms with E-state index in [9.17, 15) is 9.59 Å². The Kier molecular flexibility index (Phi) is 6.69. The summed E-state index contributed by atoms with van der Waals surface area (Å²) in [6.45, 7) is 1.80. The second-order valence-electron chi connectivity index (χ2n) is 2.93. The van der Waals surface area contributed by atoms with Crippen LogP contribution in [0.4, 0.5) is 0 Å². The molecule has 0 heterocycles. The molecule has 0 saturated carbocycles. The van der Waals surface area contributed by atoms with E-state index in [0.29, 0.717) is 25.8 Å². The number of hydrogen-bond acceptors (Lipinski definition) is 5.